The molecule has 1 aliphatic carbocycles. The number of likely N-dealkylation sites (N-methyl/N-ethyl adjacent to an activating group) is 1. The Hall–Kier alpha value is -1.64. The van der Waals surface area contributed by atoms with Gasteiger partial charge in [-0.2, -0.15) is 0 Å². The van der Waals surface area contributed by atoms with Crippen LogP contribution in [-0.2, 0) is 4.79 Å². The molecule has 0 radical (unpaired) electrons. The molecule has 1 fully saturated rings. The SMILES string of the molecule is CC1CCC(C(C)C(=O)N(C)CC(=O)c2ccccc2)CC1. The van der Waals surface area contributed by atoms with Gasteiger partial charge in [0.25, 0.3) is 0 Å². The molecule has 0 bridgehead atoms. The van der Waals surface area contributed by atoms with E-state index in [-0.39, 0.29) is 24.2 Å². The summed E-state index contributed by atoms with van der Waals surface area (Å²) in [5.41, 5.74) is 0.668. The van der Waals surface area contributed by atoms with E-state index in [0.29, 0.717) is 11.5 Å². The lowest BCUT2D eigenvalue weighted by Crippen LogP contribution is -2.39. The Balaban J connectivity index is 1.90. The van der Waals surface area contributed by atoms with Gasteiger partial charge in [0.05, 0.1) is 6.54 Å². The molecule has 0 heterocycles. The summed E-state index contributed by atoms with van der Waals surface area (Å²) in [6, 6.07) is 9.18. The van der Waals surface area contributed by atoms with Gasteiger partial charge in [0.2, 0.25) is 5.91 Å². The number of nitrogens with zero attached hydrogens (tertiary/aromatic N) is 1. The van der Waals surface area contributed by atoms with E-state index in [1.54, 1.807) is 24.1 Å². The van der Waals surface area contributed by atoms with Gasteiger partial charge in [0.15, 0.2) is 5.78 Å². The summed E-state index contributed by atoms with van der Waals surface area (Å²) in [7, 11) is 1.74. The van der Waals surface area contributed by atoms with Gasteiger partial charge in [-0.15, -0.1) is 0 Å². The topological polar surface area (TPSA) is 37.4 Å². The first-order chi connectivity index (χ1) is 10.5. The minimum absolute atomic E-state index is 0.000849. The Morgan fingerprint density at radius 2 is 1.73 bits per heavy atom. The van der Waals surface area contributed by atoms with Crippen LogP contribution in [0.3, 0.4) is 0 Å². The van der Waals surface area contributed by atoms with Gasteiger partial charge in [0.1, 0.15) is 0 Å². The number of ketones is 1. The fourth-order valence-electron chi connectivity index (χ4n) is 3.34. The summed E-state index contributed by atoms with van der Waals surface area (Å²) in [6.07, 6.45) is 4.70. The molecule has 0 aliphatic heterocycles. The number of Topliss-reactive ketones (excluding diaryl/α,β-unsaturated/α-hetero) is 1. The highest BCUT2D eigenvalue weighted by molar-refractivity contribution is 5.99. The van der Waals surface area contributed by atoms with E-state index in [1.165, 1.54) is 12.8 Å². The number of carbonyl (C=O) groups is 2. The molecule has 1 aromatic rings. The number of carbonyl (C=O) groups excluding carboxylic acids is 2. The Bertz CT molecular complexity index is 503. The van der Waals surface area contributed by atoms with Crippen LogP contribution in [0.4, 0.5) is 0 Å². The molecule has 0 aromatic heterocycles. The van der Waals surface area contributed by atoms with Crippen molar-refractivity contribution >= 4 is 11.7 Å². The predicted molar refractivity (Wildman–Crippen MR) is 88.7 cm³/mol. The normalized spacial score (nSPS) is 22.9. The maximum Gasteiger partial charge on any atom is 0.225 e. The summed E-state index contributed by atoms with van der Waals surface area (Å²) in [6.45, 7) is 4.47. The highest BCUT2D eigenvalue weighted by Crippen LogP contribution is 2.33. The van der Waals surface area contributed by atoms with Gasteiger partial charge in [-0.3, -0.25) is 9.59 Å². The van der Waals surface area contributed by atoms with Crippen molar-refractivity contribution in [3.8, 4) is 0 Å². The van der Waals surface area contributed by atoms with Crippen LogP contribution in [0.15, 0.2) is 30.3 Å². The first-order valence-corrected chi connectivity index (χ1v) is 8.32. The molecule has 0 N–H and O–H groups in total. The van der Waals surface area contributed by atoms with Crippen LogP contribution in [-0.4, -0.2) is 30.2 Å². The molecule has 3 nitrogen and oxygen atoms in total. The summed E-state index contributed by atoms with van der Waals surface area (Å²) in [5.74, 6) is 1.37. The lowest BCUT2D eigenvalue weighted by Gasteiger charge is -2.32. The van der Waals surface area contributed by atoms with Gasteiger partial charge in [0, 0.05) is 18.5 Å². The van der Waals surface area contributed by atoms with Crippen LogP contribution in [0.25, 0.3) is 0 Å². The largest absolute Gasteiger partial charge is 0.338 e. The van der Waals surface area contributed by atoms with Gasteiger partial charge < -0.3 is 4.90 Å². The molecule has 1 unspecified atom stereocenters. The predicted octanol–water partition coefficient (Wildman–Crippen LogP) is 3.79. The van der Waals surface area contributed by atoms with E-state index in [4.69, 9.17) is 0 Å². The average Bonchev–Trinajstić information content (AvgIpc) is 2.55. The molecule has 22 heavy (non-hydrogen) atoms. The Kier molecular flexibility index (Phi) is 5.76. The van der Waals surface area contributed by atoms with E-state index in [2.05, 4.69) is 6.92 Å². The number of benzene rings is 1. The maximum atomic E-state index is 12.6. The second-order valence-electron chi connectivity index (χ2n) is 6.79. The summed E-state index contributed by atoms with van der Waals surface area (Å²) in [5, 5.41) is 0. The molecule has 1 amide bonds. The van der Waals surface area contributed by atoms with Crippen LogP contribution >= 0.6 is 0 Å². The second-order valence-corrected chi connectivity index (χ2v) is 6.79. The minimum Gasteiger partial charge on any atom is -0.338 e. The molecule has 1 saturated carbocycles. The smallest absolute Gasteiger partial charge is 0.225 e. The Morgan fingerprint density at radius 3 is 2.32 bits per heavy atom. The quantitative estimate of drug-likeness (QED) is 0.776. The van der Waals surface area contributed by atoms with Gasteiger partial charge in [-0.05, 0) is 24.7 Å². The zero-order valence-corrected chi connectivity index (χ0v) is 13.9. The standard InChI is InChI=1S/C19H27NO2/c1-14-9-11-16(12-10-14)15(2)19(22)20(3)13-18(21)17-7-5-4-6-8-17/h4-8,14-16H,9-13H2,1-3H3. The first-order valence-electron chi connectivity index (χ1n) is 8.32. The summed E-state index contributed by atoms with van der Waals surface area (Å²) < 4.78 is 0. The van der Waals surface area contributed by atoms with Crippen LogP contribution in [0, 0.1) is 17.8 Å². The van der Waals surface area contributed by atoms with Crippen LogP contribution in [0.5, 0.6) is 0 Å². The molecule has 1 atom stereocenters. The number of hydrogen-bond acceptors (Lipinski definition) is 2. The van der Waals surface area contributed by atoms with Crippen molar-refractivity contribution in [1.82, 2.24) is 4.90 Å². The van der Waals surface area contributed by atoms with E-state index in [0.717, 1.165) is 18.8 Å². The maximum absolute atomic E-state index is 12.6. The third-order valence-electron chi connectivity index (χ3n) is 5.01. The van der Waals surface area contributed by atoms with Gasteiger partial charge in [-0.1, -0.05) is 57.0 Å². The van der Waals surface area contributed by atoms with Crippen molar-refractivity contribution in [2.24, 2.45) is 17.8 Å². The van der Waals surface area contributed by atoms with E-state index >= 15 is 0 Å². The molecule has 1 aromatic carbocycles. The lowest BCUT2D eigenvalue weighted by molar-refractivity contribution is -0.135. The second kappa shape index (κ2) is 7.57. The van der Waals surface area contributed by atoms with E-state index in [9.17, 15) is 9.59 Å². The molecule has 1 aliphatic rings. The van der Waals surface area contributed by atoms with Crippen LogP contribution in [0.1, 0.15) is 49.9 Å². The lowest BCUT2D eigenvalue weighted by atomic mass is 9.76. The molecule has 3 heteroatoms. The molecular formula is C19H27NO2. The first kappa shape index (κ1) is 16.7. The number of rotatable bonds is 5. The molecule has 0 saturated heterocycles. The minimum atomic E-state index is 0.000849. The van der Waals surface area contributed by atoms with Gasteiger partial charge >= 0.3 is 0 Å². The van der Waals surface area contributed by atoms with Crippen molar-refractivity contribution in [3.05, 3.63) is 35.9 Å². The molecule has 120 valence electrons. The third-order valence-corrected chi connectivity index (χ3v) is 5.01. The van der Waals surface area contributed by atoms with Gasteiger partial charge in [-0.25, -0.2) is 0 Å². The Morgan fingerprint density at radius 1 is 1.14 bits per heavy atom. The fourth-order valence-corrected chi connectivity index (χ4v) is 3.34. The number of hydrogen-bond donors (Lipinski definition) is 0. The molecule has 0 spiro atoms. The van der Waals surface area contributed by atoms with E-state index in [1.807, 2.05) is 25.1 Å². The average molecular weight is 301 g/mol. The molecular weight excluding hydrogens is 274 g/mol. The van der Waals surface area contributed by atoms with Crippen molar-refractivity contribution < 1.29 is 9.59 Å². The van der Waals surface area contributed by atoms with Crippen molar-refractivity contribution in [3.63, 3.8) is 0 Å². The molecule has 2 rings (SSSR count). The van der Waals surface area contributed by atoms with Crippen LogP contribution < -0.4 is 0 Å². The number of amides is 1. The van der Waals surface area contributed by atoms with Crippen molar-refractivity contribution in [1.29, 1.82) is 0 Å². The van der Waals surface area contributed by atoms with Crippen molar-refractivity contribution in [2.75, 3.05) is 13.6 Å². The highest BCUT2D eigenvalue weighted by atomic mass is 16.2. The van der Waals surface area contributed by atoms with E-state index < -0.39 is 0 Å². The summed E-state index contributed by atoms with van der Waals surface area (Å²) >= 11 is 0. The Labute approximate surface area is 133 Å². The van der Waals surface area contributed by atoms with Crippen molar-refractivity contribution in [2.45, 2.75) is 39.5 Å². The summed E-state index contributed by atoms with van der Waals surface area (Å²) in [4.78, 5) is 26.4. The highest BCUT2D eigenvalue weighted by Gasteiger charge is 2.29. The zero-order valence-electron chi connectivity index (χ0n) is 13.9. The zero-order chi connectivity index (χ0) is 16.1. The fraction of sp³-hybridized carbons (Fsp3) is 0.579. The van der Waals surface area contributed by atoms with Crippen LogP contribution in [0.2, 0.25) is 0 Å². The monoisotopic (exact) mass is 301 g/mol. The third kappa shape index (κ3) is 4.19.